The van der Waals surface area contributed by atoms with Gasteiger partial charge in [0.2, 0.25) is 0 Å². The third kappa shape index (κ3) is 18.5. The standard InChI is InChI=1S/2Sb.3Zn.12H/q2*-3;3*+2;;;;;;;;;;;;. The van der Waals surface area contributed by atoms with Crippen molar-refractivity contribution in [3.05, 3.63) is 0 Å². The third-order valence-corrected chi connectivity index (χ3v) is 0. The Morgan fingerprint density at radius 3 is 0.400 bits per heavy atom. The Morgan fingerprint density at radius 1 is 0.400 bits per heavy atom. The van der Waals surface area contributed by atoms with Gasteiger partial charge in [-0.15, -0.1) is 0 Å². The summed E-state index contributed by atoms with van der Waals surface area (Å²) >= 11 is 0. The van der Waals surface area contributed by atoms with Crippen molar-refractivity contribution in [3.8, 4) is 0 Å². The van der Waals surface area contributed by atoms with Crippen LogP contribution in [-0.2, 0) is 58.4 Å². The van der Waals surface area contributed by atoms with Crippen LogP contribution >= 0.6 is 0 Å². The Hall–Kier alpha value is 3.51. The first-order valence-corrected chi connectivity index (χ1v) is 0. The molecule has 0 aliphatic carbocycles. The summed E-state index contributed by atoms with van der Waals surface area (Å²) in [7, 11) is 0. The second-order valence-corrected chi connectivity index (χ2v) is 0. The van der Waals surface area contributed by atoms with Crippen molar-refractivity contribution in [2.24, 2.45) is 0 Å². The Bertz CT molecular complexity index is 4.85. The molecule has 0 aliphatic rings. The molecule has 0 aromatic rings. The van der Waals surface area contributed by atoms with Gasteiger partial charge in [0.25, 0.3) is 0 Å². The average molecular weight is 452 g/mol. The Balaban J connectivity index is 0. The van der Waals surface area contributed by atoms with Crippen LogP contribution in [0.1, 0.15) is 0 Å². The van der Waals surface area contributed by atoms with Crippen LogP contribution in [0.3, 0.4) is 0 Å². The molecule has 0 saturated heterocycles. The maximum absolute atomic E-state index is 0. The summed E-state index contributed by atoms with van der Waals surface area (Å²) in [5, 5.41) is 0. The van der Waals surface area contributed by atoms with E-state index in [1.807, 2.05) is 0 Å². The fourth-order valence-electron chi connectivity index (χ4n) is 0. The molecule has 0 spiro atoms. The smallest absolute Gasteiger partial charge is 2.00 e. The molecular formula is H12Sb2Zn3. The fourth-order valence-corrected chi connectivity index (χ4v) is 0. The van der Waals surface area contributed by atoms with Crippen LogP contribution in [0.5, 0.6) is 0 Å². The molecule has 0 amide bonds. The molecule has 0 N–H and O–H groups in total. The molecule has 0 aromatic carbocycles. The molecule has 28 valence electrons. The van der Waals surface area contributed by atoms with Gasteiger partial charge in [-0.25, -0.2) is 0 Å². The van der Waals surface area contributed by atoms with Crippen LogP contribution in [0.15, 0.2) is 0 Å². The summed E-state index contributed by atoms with van der Waals surface area (Å²) in [6.07, 6.45) is 0. The molecule has 0 saturated carbocycles. The van der Waals surface area contributed by atoms with E-state index >= 15 is 0 Å². The van der Waals surface area contributed by atoms with Crippen LogP contribution in [0.2, 0.25) is 0 Å². The van der Waals surface area contributed by atoms with Gasteiger partial charge in [-0.05, 0) is 0 Å². The van der Waals surface area contributed by atoms with Crippen molar-refractivity contribution in [1.82, 2.24) is 0 Å². The van der Waals surface area contributed by atoms with Gasteiger partial charge in [0.1, 0.15) is 0 Å². The Morgan fingerprint density at radius 2 is 0.400 bits per heavy atom. The van der Waals surface area contributed by atoms with E-state index in [4.69, 9.17) is 0 Å². The van der Waals surface area contributed by atoms with Crippen LogP contribution in [0.25, 0.3) is 0 Å². The quantitative estimate of drug-likeness (QED) is 0.330. The van der Waals surface area contributed by atoms with E-state index in [0.717, 1.165) is 0 Å². The van der Waals surface area contributed by atoms with E-state index in [-0.39, 0.29) is 107 Å². The van der Waals surface area contributed by atoms with Crippen LogP contribution < -0.4 is 0 Å². The van der Waals surface area contributed by atoms with Gasteiger partial charge in [0.05, 0.1) is 0 Å². The van der Waals surface area contributed by atoms with E-state index in [1.165, 1.54) is 0 Å². The van der Waals surface area contributed by atoms with Crippen molar-refractivity contribution in [1.29, 1.82) is 0 Å². The molecule has 0 nitrogen and oxygen atoms in total. The first-order valence-electron chi connectivity index (χ1n) is 0. The number of rotatable bonds is 0. The second-order valence-electron chi connectivity index (χ2n) is 0. The van der Waals surface area contributed by atoms with Crippen LogP contribution in [0.4, 0.5) is 0 Å². The summed E-state index contributed by atoms with van der Waals surface area (Å²) in [4.78, 5) is 0. The van der Waals surface area contributed by atoms with Gasteiger partial charge in [0, 0.05) is 0 Å². The van der Waals surface area contributed by atoms with Crippen molar-refractivity contribution in [2.45, 2.75) is 0 Å². The summed E-state index contributed by atoms with van der Waals surface area (Å²) < 4.78 is 0. The van der Waals surface area contributed by atoms with Crippen molar-refractivity contribution < 1.29 is 58.4 Å². The maximum Gasteiger partial charge on any atom is 2.00 e. The fraction of sp³-hybridized carbons (Fsp3) is 0. The zero-order valence-electron chi connectivity index (χ0n) is 2.12. The van der Waals surface area contributed by atoms with Crippen LogP contribution in [-0.4, -0.2) is 48.9 Å². The molecule has 0 rings (SSSR count). The second kappa shape index (κ2) is 25.8. The van der Waals surface area contributed by atoms with Gasteiger partial charge in [-0.3, -0.25) is 0 Å². The first-order chi connectivity index (χ1) is 0. The SMILES string of the molecule is [SbH6-3].[SbH6-3].[Zn+2].[Zn+2].[Zn+2]. The van der Waals surface area contributed by atoms with Gasteiger partial charge in [-0.1, -0.05) is 0 Å². The zero-order valence-corrected chi connectivity index (χ0v) is 11.0. The minimum atomic E-state index is 0. The largest absolute Gasteiger partial charge is 2.00 e. The Labute approximate surface area is 105 Å². The molecule has 0 radical (unpaired) electrons. The van der Waals surface area contributed by atoms with Gasteiger partial charge >= 0.3 is 107 Å². The zero-order chi connectivity index (χ0) is 0. The molecular weight excluding hydrogens is 440 g/mol. The predicted molar refractivity (Wildman–Crippen MR) is 28.2 cm³/mol. The predicted octanol–water partition coefficient (Wildman–Crippen LogP) is -3.98. The molecule has 5 heavy (non-hydrogen) atoms. The van der Waals surface area contributed by atoms with E-state index in [2.05, 4.69) is 0 Å². The minimum absolute atomic E-state index is 0. The molecule has 0 heterocycles. The molecule has 5 heteroatoms. The summed E-state index contributed by atoms with van der Waals surface area (Å²) in [6, 6.07) is 0. The van der Waals surface area contributed by atoms with Crippen LogP contribution in [0, 0.1) is 0 Å². The average Bonchev–Trinajstić information content (AvgIpc) is 0. The number of hydrogen-bond donors (Lipinski definition) is 0. The minimum Gasteiger partial charge on any atom is 2.00 e. The van der Waals surface area contributed by atoms with Gasteiger partial charge in [0.15, 0.2) is 0 Å². The van der Waals surface area contributed by atoms with Gasteiger partial charge < -0.3 is 0 Å². The monoisotopic (exact) mass is 446 g/mol. The van der Waals surface area contributed by atoms with E-state index in [0.29, 0.717) is 0 Å². The van der Waals surface area contributed by atoms with Crippen molar-refractivity contribution in [2.75, 3.05) is 0 Å². The van der Waals surface area contributed by atoms with E-state index < -0.39 is 0 Å². The molecule has 0 atom stereocenters. The number of hydrogen-bond acceptors (Lipinski definition) is 0. The van der Waals surface area contributed by atoms with Gasteiger partial charge in [-0.2, -0.15) is 0 Å². The summed E-state index contributed by atoms with van der Waals surface area (Å²) in [5.74, 6) is 0. The topological polar surface area (TPSA) is 0 Å². The molecule has 0 aliphatic heterocycles. The molecule has 0 aromatic heterocycles. The summed E-state index contributed by atoms with van der Waals surface area (Å²) in [6.45, 7) is 0. The van der Waals surface area contributed by atoms with Crippen molar-refractivity contribution in [3.63, 3.8) is 0 Å². The third-order valence-electron chi connectivity index (χ3n) is 0. The summed E-state index contributed by atoms with van der Waals surface area (Å²) in [5.41, 5.74) is 0. The molecule has 0 unspecified atom stereocenters. The van der Waals surface area contributed by atoms with E-state index in [1.54, 1.807) is 0 Å². The Kier molecular flexibility index (Phi) is 202. The maximum atomic E-state index is 0. The normalized spacial score (nSPS) is 0. The van der Waals surface area contributed by atoms with E-state index in [9.17, 15) is 0 Å². The van der Waals surface area contributed by atoms with Crippen molar-refractivity contribution >= 4 is 48.9 Å². The first kappa shape index (κ1) is 39.0. The molecule has 0 fully saturated rings. The molecule has 0 bridgehead atoms.